The van der Waals surface area contributed by atoms with Crippen LogP contribution in [0.15, 0.2) is 34.3 Å². The maximum Gasteiger partial charge on any atom is 0.229 e. The van der Waals surface area contributed by atoms with E-state index < -0.39 is 0 Å². The molecule has 20 nitrogen and oxygen atoms in total. The topological polar surface area (TPSA) is 319 Å². The maximum atomic E-state index is 9.69. The molecule has 0 saturated carbocycles. The summed E-state index contributed by atoms with van der Waals surface area (Å²) >= 11 is 0. The number of nitrogen functional groups attached to an aromatic ring is 2. The minimum atomic E-state index is 0.136. The fourth-order valence-electron chi connectivity index (χ4n) is 4.46. The molecule has 1 aromatic carbocycles. The molecule has 0 bridgehead atoms. The largest absolute Gasteiger partial charge is 0.368 e. The van der Waals surface area contributed by atoms with Gasteiger partial charge in [-0.25, -0.2) is 0 Å². The number of nitrogens with two attached hydrogens (primary N) is 4. The molecule has 0 atom stereocenters. The highest BCUT2D eigenvalue weighted by atomic mass is 16.5. The van der Waals surface area contributed by atoms with Crippen LogP contribution < -0.4 is 55.2 Å². The van der Waals surface area contributed by atoms with E-state index in [0.29, 0.717) is 98.9 Å². The summed E-state index contributed by atoms with van der Waals surface area (Å²) in [7, 11) is 0. The van der Waals surface area contributed by atoms with Crippen LogP contribution in [-0.2, 0) is 0 Å². The first-order valence-electron chi connectivity index (χ1n) is 16.8. The van der Waals surface area contributed by atoms with Crippen molar-refractivity contribution in [1.82, 2.24) is 40.9 Å². The normalized spacial score (nSPS) is 11.7. The van der Waals surface area contributed by atoms with Crippen molar-refractivity contribution in [2.45, 2.75) is 51.4 Å². The maximum absolute atomic E-state index is 9.69. The van der Waals surface area contributed by atoms with Gasteiger partial charge in [-0.05, 0) is 64.5 Å². The summed E-state index contributed by atoms with van der Waals surface area (Å²) in [4.78, 5) is 34.1. The van der Waals surface area contributed by atoms with Crippen LogP contribution in [0.5, 0.6) is 0 Å². The lowest BCUT2D eigenvalue weighted by Gasteiger charge is -2.10. The Morgan fingerprint density at radius 2 is 0.820 bits per heavy atom. The number of nitrogens with zero attached hydrogens (tertiary/aromatic N) is 8. The summed E-state index contributed by atoms with van der Waals surface area (Å²) in [5.41, 5.74) is 28.4. The van der Waals surface area contributed by atoms with Gasteiger partial charge in [-0.15, -0.1) is 0 Å². The highest BCUT2D eigenvalue weighted by molar-refractivity contribution is 6.01. The van der Waals surface area contributed by atoms with E-state index >= 15 is 0 Å². The monoisotopic (exact) mass is 696 g/mol. The first-order valence-corrected chi connectivity index (χ1v) is 16.8. The van der Waals surface area contributed by atoms with E-state index in [-0.39, 0.29) is 11.9 Å². The lowest BCUT2D eigenvalue weighted by molar-refractivity contribution is 0.234. The molecule has 274 valence electrons. The van der Waals surface area contributed by atoms with Gasteiger partial charge >= 0.3 is 0 Å². The number of rotatable bonds is 24. The lowest BCUT2D eigenvalue weighted by Crippen LogP contribution is -2.23. The minimum absolute atomic E-state index is 0.136. The number of amidine groups is 2. The standard InChI is InChI=1S/C30H52N18O2/c31-13-1-3-17-37-27-41-25(33)43-29(45-27)39-19-7-5-15-35-23(47-49)21-9-11-22(12-10-21)24(48-50)36-16-6-8-20-40-30-44-26(34)42-28(46-30)38-18-4-2-14-32/h9-12,49-50H,1-8,13-20,31-32H2,(H,35,47)(H,36,48)(H4,33,37,39,41,43,45)(H4,34,38,40,42,44,46). The predicted octanol–water partition coefficient (Wildman–Crippen LogP) is 0.758. The molecule has 50 heavy (non-hydrogen) atoms. The Hall–Kier alpha value is -5.18. The molecule has 3 rings (SSSR count). The second kappa shape index (κ2) is 23.2. The summed E-state index contributed by atoms with van der Waals surface area (Å²) in [5, 5.41) is 31.9. The van der Waals surface area contributed by atoms with Gasteiger partial charge in [-0.1, -0.05) is 24.3 Å². The summed E-state index contributed by atoms with van der Waals surface area (Å²) in [5.74, 6) is 2.57. The van der Waals surface area contributed by atoms with E-state index in [1.165, 1.54) is 0 Å². The molecule has 2 aromatic heterocycles. The third kappa shape index (κ3) is 14.9. The van der Waals surface area contributed by atoms with Crippen molar-refractivity contribution in [3.8, 4) is 0 Å². The first kappa shape index (κ1) is 39.3. The van der Waals surface area contributed by atoms with Crippen LogP contribution in [0.1, 0.15) is 62.5 Å². The summed E-state index contributed by atoms with van der Waals surface area (Å²) in [6.07, 6.45) is 6.71. The number of nitrogens with one attached hydrogen (secondary N) is 6. The van der Waals surface area contributed by atoms with Gasteiger partial charge in [0.2, 0.25) is 35.7 Å². The van der Waals surface area contributed by atoms with Gasteiger partial charge in [-0.2, -0.15) is 29.9 Å². The van der Waals surface area contributed by atoms with E-state index in [9.17, 15) is 10.4 Å². The number of anilines is 6. The van der Waals surface area contributed by atoms with Gasteiger partial charge < -0.3 is 44.2 Å². The van der Waals surface area contributed by atoms with Crippen LogP contribution in [0, 0.1) is 0 Å². The highest BCUT2D eigenvalue weighted by Gasteiger charge is 2.08. The fraction of sp³-hybridized carbons (Fsp3) is 0.533. The predicted molar refractivity (Wildman–Crippen MR) is 197 cm³/mol. The van der Waals surface area contributed by atoms with Gasteiger partial charge in [0.15, 0.2) is 11.7 Å². The summed E-state index contributed by atoms with van der Waals surface area (Å²) in [6, 6.07) is 7.13. The average Bonchev–Trinajstić information content (AvgIpc) is 3.11. The molecule has 0 unspecified atom stereocenters. The number of hydrogen-bond donors (Lipinski definition) is 12. The molecular weight excluding hydrogens is 644 g/mol. The average molecular weight is 697 g/mol. The van der Waals surface area contributed by atoms with Gasteiger partial charge in [-0.3, -0.25) is 31.4 Å². The zero-order valence-corrected chi connectivity index (χ0v) is 28.4. The molecule has 0 aliphatic heterocycles. The van der Waals surface area contributed by atoms with Gasteiger partial charge in [0.05, 0.1) is 0 Å². The van der Waals surface area contributed by atoms with Crippen molar-refractivity contribution in [3.05, 3.63) is 35.4 Å². The number of aromatic nitrogens is 6. The van der Waals surface area contributed by atoms with Gasteiger partial charge in [0.25, 0.3) is 0 Å². The van der Waals surface area contributed by atoms with Crippen LogP contribution in [-0.4, -0.2) is 104 Å². The first-order chi connectivity index (χ1) is 24.4. The Morgan fingerprint density at radius 1 is 0.500 bits per heavy atom. The molecule has 0 fully saturated rings. The van der Waals surface area contributed by atoms with Crippen LogP contribution in [0.3, 0.4) is 0 Å². The second-order valence-electron chi connectivity index (χ2n) is 11.1. The van der Waals surface area contributed by atoms with Crippen molar-refractivity contribution in [3.63, 3.8) is 0 Å². The number of aliphatic imine (C=N–C) groups is 2. The molecule has 0 spiro atoms. The van der Waals surface area contributed by atoms with E-state index in [1.54, 1.807) is 24.3 Å². The molecule has 0 amide bonds. The second-order valence-corrected chi connectivity index (χ2v) is 11.1. The number of benzene rings is 1. The molecular formula is C30H52N18O2. The fourth-order valence-corrected chi connectivity index (χ4v) is 4.46. The molecule has 0 saturated heterocycles. The van der Waals surface area contributed by atoms with E-state index in [0.717, 1.165) is 51.4 Å². The molecule has 0 aliphatic rings. The number of unbranched alkanes of at least 4 members (excludes halogenated alkanes) is 4. The summed E-state index contributed by atoms with van der Waals surface area (Å²) < 4.78 is 0. The molecule has 0 radical (unpaired) electrons. The van der Waals surface area contributed by atoms with Crippen molar-refractivity contribution in [1.29, 1.82) is 0 Å². The Labute approximate surface area is 291 Å². The van der Waals surface area contributed by atoms with Crippen molar-refractivity contribution >= 4 is 47.4 Å². The van der Waals surface area contributed by atoms with Crippen molar-refractivity contribution in [2.24, 2.45) is 21.5 Å². The van der Waals surface area contributed by atoms with Crippen LogP contribution in [0.2, 0.25) is 0 Å². The highest BCUT2D eigenvalue weighted by Crippen LogP contribution is 2.10. The minimum Gasteiger partial charge on any atom is -0.368 e. The van der Waals surface area contributed by atoms with Gasteiger partial charge in [0.1, 0.15) is 0 Å². The molecule has 20 heteroatoms. The third-order valence-electron chi connectivity index (χ3n) is 7.05. The molecule has 0 aliphatic carbocycles. The Morgan fingerprint density at radius 3 is 1.12 bits per heavy atom. The molecule has 2 heterocycles. The summed E-state index contributed by atoms with van der Waals surface area (Å²) in [6.45, 7) is 4.85. The van der Waals surface area contributed by atoms with E-state index in [2.05, 4.69) is 72.1 Å². The van der Waals surface area contributed by atoms with Crippen molar-refractivity contribution in [2.75, 3.05) is 85.1 Å². The van der Waals surface area contributed by atoms with Crippen molar-refractivity contribution < 1.29 is 10.4 Å². The van der Waals surface area contributed by atoms with Gasteiger partial charge in [0, 0.05) is 50.4 Å². The Bertz CT molecular complexity index is 1350. The van der Waals surface area contributed by atoms with E-state index in [4.69, 9.17) is 22.9 Å². The molecule has 16 N–H and O–H groups in total. The van der Waals surface area contributed by atoms with E-state index in [1.807, 2.05) is 0 Å². The zero-order valence-electron chi connectivity index (χ0n) is 28.4. The number of hydroxylamine groups is 2. The van der Waals surface area contributed by atoms with Crippen LogP contribution in [0.25, 0.3) is 0 Å². The Balaban J connectivity index is 1.39. The zero-order chi connectivity index (χ0) is 35.8. The van der Waals surface area contributed by atoms with Crippen LogP contribution >= 0.6 is 0 Å². The quantitative estimate of drug-likeness (QED) is 0.0266. The Kier molecular flexibility index (Phi) is 18.2. The SMILES string of the molecule is NCCCCNc1nc(N)nc(NCCCCN=C(NO)c2ccc(C(=NCCCCNc3nc(N)nc(NCCCCN)n3)NO)cc2)n1. The van der Waals surface area contributed by atoms with Crippen LogP contribution in [0.4, 0.5) is 35.7 Å². The smallest absolute Gasteiger partial charge is 0.229 e. The lowest BCUT2D eigenvalue weighted by atomic mass is 10.1. The molecule has 3 aromatic rings. The third-order valence-corrected chi connectivity index (χ3v) is 7.05. The number of hydrogen-bond acceptors (Lipinski definition) is 18.